The summed E-state index contributed by atoms with van der Waals surface area (Å²) in [6.07, 6.45) is 0. The lowest BCUT2D eigenvalue weighted by Gasteiger charge is -2.10. The molecule has 6 heteroatoms. The Morgan fingerprint density at radius 3 is 2.22 bits per heavy atom. The first-order valence-electron chi connectivity index (χ1n) is 5.28. The molecule has 3 N–H and O–H groups in total. The van der Waals surface area contributed by atoms with E-state index in [2.05, 4.69) is 5.32 Å². The van der Waals surface area contributed by atoms with Gasteiger partial charge in [-0.15, -0.1) is 0 Å². The lowest BCUT2D eigenvalue weighted by Crippen LogP contribution is -2.25. The Balaban J connectivity index is 2.64. The second-order valence-corrected chi connectivity index (χ2v) is 5.05. The van der Waals surface area contributed by atoms with E-state index in [-0.39, 0.29) is 11.7 Å². The number of Topliss-reactive ketones (excluding diaryl/α,β-unsaturated/α-hetero) is 1. The summed E-state index contributed by atoms with van der Waals surface area (Å²) in [4.78, 5) is 33.4. The van der Waals surface area contributed by atoms with Crippen molar-refractivity contribution in [2.45, 2.75) is 19.1 Å². The van der Waals surface area contributed by atoms with Crippen molar-refractivity contribution in [3.63, 3.8) is 0 Å². The minimum absolute atomic E-state index is 0.0365. The van der Waals surface area contributed by atoms with Gasteiger partial charge in [-0.25, -0.2) is 0 Å². The van der Waals surface area contributed by atoms with Crippen molar-refractivity contribution in [1.29, 1.82) is 0 Å². The molecule has 0 bridgehead atoms. The third-order valence-electron chi connectivity index (χ3n) is 2.22. The predicted octanol–water partition coefficient (Wildman–Crippen LogP) is 2.03. The molecule has 18 heavy (non-hydrogen) atoms. The van der Waals surface area contributed by atoms with E-state index < -0.39 is 10.5 Å². The molecule has 0 heterocycles. The molecule has 1 aromatic carbocycles. The maximum absolute atomic E-state index is 11.7. The molecule has 5 nitrogen and oxygen atoms in total. The van der Waals surface area contributed by atoms with E-state index in [1.807, 2.05) is 0 Å². The summed E-state index contributed by atoms with van der Waals surface area (Å²) in [5, 5.41) is 1.48. The van der Waals surface area contributed by atoms with Crippen LogP contribution in [0.25, 0.3) is 0 Å². The van der Waals surface area contributed by atoms with Crippen molar-refractivity contribution in [2.75, 3.05) is 5.32 Å². The van der Waals surface area contributed by atoms with Crippen molar-refractivity contribution in [3.05, 3.63) is 29.8 Å². The summed E-state index contributed by atoms with van der Waals surface area (Å²) in [6, 6.07) is 6.53. The van der Waals surface area contributed by atoms with Gasteiger partial charge in [-0.3, -0.25) is 14.4 Å². The molecular weight excluding hydrogens is 252 g/mol. The number of benzene rings is 1. The second-order valence-electron chi connectivity index (χ2n) is 3.70. The minimum Gasteiger partial charge on any atom is -0.360 e. The molecule has 0 spiro atoms. The van der Waals surface area contributed by atoms with Gasteiger partial charge in [0.05, 0.1) is 5.25 Å². The van der Waals surface area contributed by atoms with Crippen molar-refractivity contribution in [1.82, 2.24) is 0 Å². The fourth-order valence-corrected chi connectivity index (χ4v) is 1.77. The minimum atomic E-state index is -0.593. The van der Waals surface area contributed by atoms with E-state index in [9.17, 15) is 14.4 Å². The van der Waals surface area contributed by atoms with E-state index in [1.54, 1.807) is 31.2 Å². The number of hydrogen-bond donors (Lipinski definition) is 2. The molecular formula is C12H14N2O3S. The van der Waals surface area contributed by atoms with Gasteiger partial charge in [-0.2, -0.15) is 0 Å². The van der Waals surface area contributed by atoms with Crippen molar-refractivity contribution < 1.29 is 14.4 Å². The standard InChI is InChI=1S/C12H14N2O3S/c1-7(15)9-3-5-10(6-4-9)14-11(16)8(2)18-12(13)17/h3-6,8H,1-2H3,(H2,13,17)(H,14,16). The van der Waals surface area contributed by atoms with E-state index in [0.29, 0.717) is 11.3 Å². The first-order valence-corrected chi connectivity index (χ1v) is 6.16. The third kappa shape index (κ3) is 4.21. The highest BCUT2D eigenvalue weighted by atomic mass is 32.2. The highest BCUT2D eigenvalue weighted by molar-refractivity contribution is 8.14. The SMILES string of the molecule is CC(=O)c1ccc(NC(=O)C(C)SC(N)=O)cc1. The Hall–Kier alpha value is -1.82. The fraction of sp³-hybridized carbons (Fsp3) is 0.250. The number of nitrogens with one attached hydrogen (secondary N) is 1. The number of thioether (sulfide) groups is 1. The molecule has 1 rings (SSSR count). The van der Waals surface area contributed by atoms with Crippen LogP contribution in [0.5, 0.6) is 0 Å². The number of primary amides is 1. The quantitative estimate of drug-likeness (QED) is 0.816. The Morgan fingerprint density at radius 2 is 1.78 bits per heavy atom. The van der Waals surface area contributed by atoms with Crippen LogP contribution in [0.3, 0.4) is 0 Å². The summed E-state index contributed by atoms with van der Waals surface area (Å²) in [5.41, 5.74) is 6.13. The molecule has 0 saturated heterocycles. The molecule has 1 atom stereocenters. The first kappa shape index (κ1) is 14.2. The van der Waals surface area contributed by atoms with Gasteiger partial charge in [0.25, 0.3) is 5.24 Å². The Kier molecular flexibility index (Phi) is 4.91. The summed E-state index contributed by atoms with van der Waals surface area (Å²) < 4.78 is 0. The van der Waals surface area contributed by atoms with Crippen LogP contribution in [0.1, 0.15) is 24.2 Å². The van der Waals surface area contributed by atoms with Gasteiger partial charge in [0.15, 0.2) is 5.78 Å². The molecule has 0 aromatic heterocycles. The van der Waals surface area contributed by atoms with Crippen molar-refractivity contribution in [2.24, 2.45) is 5.73 Å². The zero-order chi connectivity index (χ0) is 13.7. The van der Waals surface area contributed by atoms with Crippen LogP contribution in [0.2, 0.25) is 0 Å². The topological polar surface area (TPSA) is 89.3 Å². The number of carbonyl (C=O) groups is 3. The van der Waals surface area contributed by atoms with E-state index in [0.717, 1.165) is 11.8 Å². The van der Waals surface area contributed by atoms with E-state index in [4.69, 9.17) is 5.73 Å². The molecule has 0 aliphatic rings. The zero-order valence-corrected chi connectivity index (χ0v) is 10.9. The molecule has 0 aliphatic carbocycles. The zero-order valence-electron chi connectivity index (χ0n) is 10.1. The van der Waals surface area contributed by atoms with Crippen LogP contribution in [0.15, 0.2) is 24.3 Å². The lowest BCUT2D eigenvalue weighted by molar-refractivity contribution is -0.115. The van der Waals surface area contributed by atoms with Gasteiger partial charge < -0.3 is 11.1 Å². The van der Waals surface area contributed by atoms with E-state index in [1.165, 1.54) is 6.92 Å². The van der Waals surface area contributed by atoms with Gasteiger partial charge in [-0.1, -0.05) is 11.8 Å². The molecule has 0 saturated carbocycles. The van der Waals surface area contributed by atoms with Gasteiger partial charge in [0.1, 0.15) is 0 Å². The number of ketones is 1. The molecule has 1 aromatic rings. The Bertz CT molecular complexity index is 471. The average Bonchev–Trinajstić information content (AvgIpc) is 2.28. The average molecular weight is 266 g/mol. The maximum atomic E-state index is 11.7. The molecule has 0 radical (unpaired) electrons. The van der Waals surface area contributed by atoms with Crippen molar-refractivity contribution in [3.8, 4) is 0 Å². The maximum Gasteiger partial charge on any atom is 0.277 e. The molecule has 0 fully saturated rings. The number of hydrogen-bond acceptors (Lipinski definition) is 4. The van der Waals surface area contributed by atoms with Crippen LogP contribution in [-0.4, -0.2) is 22.2 Å². The number of carbonyl (C=O) groups excluding carboxylic acids is 3. The fourth-order valence-electron chi connectivity index (χ4n) is 1.26. The number of nitrogens with two attached hydrogens (primary N) is 1. The van der Waals surface area contributed by atoms with E-state index >= 15 is 0 Å². The van der Waals surface area contributed by atoms with Crippen LogP contribution in [0, 0.1) is 0 Å². The summed E-state index contributed by atoms with van der Waals surface area (Å²) in [5.74, 6) is -0.347. The van der Waals surface area contributed by atoms with Crippen LogP contribution in [0.4, 0.5) is 10.5 Å². The highest BCUT2D eigenvalue weighted by Crippen LogP contribution is 2.14. The Labute approximate surface area is 109 Å². The van der Waals surface area contributed by atoms with Crippen LogP contribution in [-0.2, 0) is 4.79 Å². The number of rotatable bonds is 4. The third-order valence-corrected chi connectivity index (χ3v) is 3.02. The first-order chi connectivity index (χ1) is 8.40. The lowest BCUT2D eigenvalue weighted by atomic mass is 10.1. The molecule has 96 valence electrons. The van der Waals surface area contributed by atoms with Crippen molar-refractivity contribution >= 4 is 34.4 Å². The second kappa shape index (κ2) is 6.20. The van der Waals surface area contributed by atoms with Gasteiger partial charge in [-0.05, 0) is 38.1 Å². The van der Waals surface area contributed by atoms with Gasteiger partial charge >= 0.3 is 0 Å². The summed E-state index contributed by atoms with van der Waals surface area (Å²) >= 11 is 0.763. The highest BCUT2D eigenvalue weighted by Gasteiger charge is 2.16. The Morgan fingerprint density at radius 1 is 1.22 bits per heavy atom. The predicted molar refractivity (Wildman–Crippen MR) is 71.7 cm³/mol. The largest absolute Gasteiger partial charge is 0.360 e. The number of anilines is 1. The van der Waals surface area contributed by atoms with Crippen LogP contribution >= 0.6 is 11.8 Å². The monoisotopic (exact) mass is 266 g/mol. The normalized spacial score (nSPS) is 11.7. The summed E-state index contributed by atoms with van der Waals surface area (Å²) in [7, 11) is 0. The smallest absolute Gasteiger partial charge is 0.277 e. The molecule has 1 unspecified atom stereocenters. The number of amides is 2. The molecule has 2 amide bonds. The van der Waals surface area contributed by atoms with Crippen LogP contribution < -0.4 is 11.1 Å². The van der Waals surface area contributed by atoms with Gasteiger partial charge in [0.2, 0.25) is 5.91 Å². The van der Waals surface area contributed by atoms with Gasteiger partial charge in [0, 0.05) is 11.3 Å². The summed E-state index contributed by atoms with van der Waals surface area (Å²) in [6.45, 7) is 3.06. The molecule has 0 aliphatic heterocycles.